The van der Waals surface area contributed by atoms with Gasteiger partial charge in [0.1, 0.15) is 0 Å². The molecule has 2 atom stereocenters. The number of hydrogen-bond donors (Lipinski definition) is 1. The van der Waals surface area contributed by atoms with Crippen molar-refractivity contribution in [3.63, 3.8) is 0 Å². The monoisotopic (exact) mass is 240 g/mol. The fourth-order valence-electron chi connectivity index (χ4n) is 1.68. The maximum atomic E-state index is 5.96. The van der Waals surface area contributed by atoms with Crippen LogP contribution in [0.5, 0.6) is 0 Å². The number of hydrogen-bond acceptors (Lipinski definition) is 3. The molecule has 1 heterocycles. The lowest BCUT2D eigenvalue weighted by molar-refractivity contribution is 0.426. The lowest BCUT2D eigenvalue weighted by Crippen LogP contribution is -2.27. The molecule has 0 spiro atoms. The van der Waals surface area contributed by atoms with Crippen molar-refractivity contribution in [3.8, 4) is 0 Å². The first-order chi connectivity index (χ1) is 7.34. The first-order valence-corrected chi connectivity index (χ1v) is 6.93. The molecule has 2 N–H and O–H groups in total. The van der Waals surface area contributed by atoms with Gasteiger partial charge in [-0.05, 0) is 12.8 Å². The molecule has 0 aliphatic heterocycles. The van der Waals surface area contributed by atoms with Crippen LogP contribution in [-0.4, -0.2) is 11.0 Å². The largest absolute Gasteiger partial charge is 0.328 e. The van der Waals surface area contributed by atoms with Crippen LogP contribution >= 0.6 is 11.3 Å². The van der Waals surface area contributed by atoms with Crippen LogP contribution in [0.2, 0.25) is 0 Å². The Kier molecular flexibility index (Phi) is 4.51. The summed E-state index contributed by atoms with van der Waals surface area (Å²) in [6.07, 6.45) is 2.15. The van der Waals surface area contributed by atoms with E-state index in [-0.39, 0.29) is 11.5 Å². The number of nitrogens with zero attached hydrogens (tertiary/aromatic N) is 1. The van der Waals surface area contributed by atoms with Crippen molar-refractivity contribution in [1.29, 1.82) is 0 Å². The van der Waals surface area contributed by atoms with Gasteiger partial charge in [0.2, 0.25) is 0 Å². The van der Waals surface area contributed by atoms with E-state index in [0.717, 1.165) is 12.8 Å². The Morgan fingerprint density at radius 1 is 1.44 bits per heavy atom. The summed E-state index contributed by atoms with van der Waals surface area (Å²) in [7, 11) is 0. The fraction of sp³-hybridized carbons (Fsp3) is 0.769. The van der Waals surface area contributed by atoms with Crippen LogP contribution in [0.25, 0.3) is 0 Å². The summed E-state index contributed by atoms with van der Waals surface area (Å²) in [5.41, 5.74) is 7.32. The maximum Gasteiger partial charge on any atom is 0.0931 e. The molecule has 0 saturated heterocycles. The van der Waals surface area contributed by atoms with Crippen LogP contribution in [0.3, 0.4) is 0 Å². The third kappa shape index (κ3) is 3.56. The molecule has 1 aromatic rings. The van der Waals surface area contributed by atoms with E-state index in [2.05, 4.69) is 40.0 Å². The Balaban J connectivity index is 2.72. The van der Waals surface area contributed by atoms with Gasteiger partial charge in [-0.1, -0.05) is 34.1 Å². The fourth-order valence-corrected chi connectivity index (χ4v) is 2.79. The van der Waals surface area contributed by atoms with Crippen molar-refractivity contribution >= 4 is 11.3 Å². The maximum absolute atomic E-state index is 5.96. The van der Waals surface area contributed by atoms with Crippen LogP contribution in [-0.2, 0) is 11.8 Å². The molecule has 3 heteroatoms. The molecule has 0 aromatic carbocycles. The van der Waals surface area contributed by atoms with E-state index in [1.807, 2.05) is 0 Å². The SMILES string of the molecule is CCC(Cc1nc(C(C)(C)C)cs1)C(C)N. The molecule has 2 unspecified atom stereocenters. The van der Waals surface area contributed by atoms with E-state index in [1.54, 1.807) is 11.3 Å². The van der Waals surface area contributed by atoms with E-state index in [1.165, 1.54) is 10.7 Å². The van der Waals surface area contributed by atoms with E-state index in [9.17, 15) is 0 Å². The van der Waals surface area contributed by atoms with E-state index >= 15 is 0 Å². The Bertz CT molecular complexity index is 323. The molecule has 1 rings (SSSR count). The molecule has 2 nitrogen and oxygen atoms in total. The molecular weight excluding hydrogens is 216 g/mol. The summed E-state index contributed by atoms with van der Waals surface area (Å²) >= 11 is 1.77. The van der Waals surface area contributed by atoms with Crippen LogP contribution < -0.4 is 5.73 Å². The number of rotatable bonds is 4. The first-order valence-electron chi connectivity index (χ1n) is 6.05. The molecule has 0 aliphatic rings. The van der Waals surface area contributed by atoms with Gasteiger partial charge in [0, 0.05) is 23.3 Å². The van der Waals surface area contributed by atoms with Crippen molar-refractivity contribution in [1.82, 2.24) is 4.98 Å². The Morgan fingerprint density at radius 2 is 2.06 bits per heavy atom. The van der Waals surface area contributed by atoms with Gasteiger partial charge in [-0.25, -0.2) is 4.98 Å². The van der Waals surface area contributed by atoms with Gasteiger partial charge in [-0.3, -0.25) is 0 Å². The Hall–Kier alpha value is -0.410. The number of nitrogens with two attached hydrogens (primary N) is 1. The van der Waals surface area contributed by atoms with E-state index < -0.39 is 0 Å². The molecule has 0 radical (unpaired) electrons. The summed E-state index contributed by atoms with van der Waals surface area (Å²) < 4.78 is 0. The van der Waals surface area contributed by atoms with Crippen LogP contribution in [0.1, 0.15) is 51.7 Å². The molecule has 0 fully saturated rings. The van der Waals surface area contributed by atoms with Crippen LogP contribution in [0.4, 0.5) is 0 Å². The zero-order valence-corrected chi connectivity index (χ0v) is 11.9. The highest BCUT2D eigenvalue weighted by Gasteiger charge is 2.19. The zero-order chi connectivity index (χ0) is 12.3. The predicted molar refractivity (Wildman–Crippen MR) is 71.9 cm³/mol. The second-order valence-corrected chi connectivity index (χ2v) is 6.55. The standard InChI is InChI=1S/C13H24N2S/c1-6-10(9(2)14)7-12-15-11(8-16-12)13(3,4)5/h8-10H,6-7,14H2,1-5H3. The average Bonchev–Trinajstić information content (AvgIpc) is 2.61. The van der Waals surface area contributed by atoms with Gasteiger partial charge in [0.15, 0.2) is 0 Å². The van der Waals surface area contributed by atoms with Gasteiger partial charge < -0.3 is 5.73 Å². The highest BCUT2D eigenvalue weighted by Crippen LogP contribution is 2.26. The van der Waals surface area contributed by atoms with Crippen molar-refractivity contribution in [3.05, 3.63) is 16.1 Å². The summed E-state index contributed by atoms with van der Waals surface area (Å²) in [4.78, 5) is 4.71. The van der Waals surface area contributed by atoms with Gasteiger partial charge in [0.05, 0.1) is 10.7 Å². The van der Waals surface area contributed by atoms with Crippen molar-refractivity contribution in [2.75, 3.05) is 0 Å². The number of thiazole rings is 1. The highest BCUT2D eigenvalue weighted by molar-refractivity contribution is 7.09. The minimum absolute atomic E-state index is 0.158. The van der Waals surface area contributed by atoms with Crippen molar-refractivity contribution in [2.24, 2.45) is 11.7 Å². The molecule has 0 bridgehead atoms. The van der Waals surface area contributed by atoms with Crippen molar-refractivity contribution in [2.45, 2.75) is 58.9 Å². The molecule has 0 saturated carbocycles. The van der Waals surface area contributed by atoms with Gasteiger partial charge in [0.25, 0.3) is 0 Å². The lowest BCUT2D eigenvalue weighted by Gasteiger charge is -2.17. The third-order valence-corrected chi connectivity index (χ3v) is 3.90. The van der Waals surface area contributed by atoms with Gasteiger partial charge >= 0.3 is 0 Å². The summed E-state index contributed by atoms with van der Waals surface area (Å²) in [6.45, 7) is 10.9. The van der Waals surface area contributed by atoms with Gasteiger partial charge in [-0.15, -0.1) is 11.3 Å². The normalized spacial score (nSPS) is 16.1. The van der Waals surface area contributed by atoms with E-state index in [4.69, 9.17) is 10.7 Å². The molecular formula is C13H24N2S. The molecule has 0 amide bonds. The smallest absolute Gasteiger partial charge is 0.0931 e. The third-order valence-electron chi connectivity index (χ3n) is 3.02. The second-order valence-electron chi connectivity index (χ2n) is 5.61. The first kappa shape index (κ1) is 13.7. The highest BCUT2D eigenvalue weighted by atomic mass is 32.1. The molecule has 1 aromatic heterocycles. The summed E-state index contributed by atoms with van der Waals surface area (Å²) in [5, 5.41) is 3.41. The summed E-state index contributed by atoms with van der Waals surface area (Å²) in [6, 6.07) is 0.256. The lowest BCUT2D eigenvalue weighted by atomic mass is 9.93. The second kappa shape index (κ2) is 5.28. The minimum Gasteiger partial charge on any atom is -0.328 e. The Labute approximate surface area is 103 Å². The zero-order valence-electron chi connectivity index (χ0n) is 11.1. The van der Waals surface area contributed by atoms with Crippen molar-refractivity contribution < 1.29 is 0 Å². The molecule has 16 heavy (non-hydrogen) atoms. The topological polar surface area (TPSA) is 38.9 Å². The summed E-state index contributed by atoms with van der Waals surface area (Å²) in [5.74, 6) is 0.555. The molecule has 0 aliphatic carbocycles. The van der Waals surface area contributed by atoms with Crippen LogP contribution in [0.15, 0.2) is 5.38 Å². The average molecular weight is 240 g/mol. The Morgan fingerprint density at radius 3 is 2.44 bits per heavy atom. The van der Waals surface area contributed by atoms with Crippen LogP contribution in [0, 0.1) is 5.92 Å². The van der Waals surface area contributed by atoms with Gasteiger partial charge in [-0.2, -0.15) is 0 Å². The molecule has 92 valence electrons. The minimum atomic E-state index is 0.158. The number of aromatic nitrogens is 1. The quantitative estimate of drug-likeness (QED) is 0.876. The predicted octanol–water partition coefficient (Wildman–Crippen LogP) is 3.36. The van der Waals surface area contributed by atoms with E-state index in [0.29, 0.717) is 5.92 Å².